The van der Waals surface area contributed by atoms with Crippen molar-refractivity contribution in [3.8, 4) is 11.5 Å². The van der Waals surface area contributed by atoms with Crippen LogP contribution in [-0.2, 0) is 11.2 Å². The third-order valence-corrected chi connectivity index (χ3v) is 3.26. The van der Waals surface area contributed by atoms with Crippen LogP contribution < -0.4 is 14.8 Å². The third-order valence-electron chi connectivity index (χ3n) is 3.26. The highest BCUT2D eigenvalue weighted by Crippen LogP contribution is 2.13. The molecule has 0 aliphatic rings. The quantitative estimate of drug-likeness (QED) is 0.855. The standard InChI is InChI=1S/C18H21NO3/c1-14-6-8-16(9-7-14)22-13-18(20)19-11-10-15-4-3-5-17(12-15)21-2/h3-9,12H,10-11,13H2,1-2H3,(H,19,20). The Kier molecular flexibility index (Phi) is 5.83. The summed E-state index contributed by atoms with van der Waals surface area (Å²) < 4.78 is 10.6. The van der Waals surface area contributed by atoms with E-state index in [2.05, 4.69) is 5.32 Å². The Hall–Kier alpha value is -2.49. The monoisotopic (exact) mass is 299 g/mol. The van der Waals surface area contributed by atoms with Crippen molar-refractivity contribution >= 4 is 5.91 Å². The van der Waals surface area contributed by atoms with Gasteiger partial charge in [0.2, 0.25) is 0 Å². The van der Waals surface area contributed by atoms with Crippen molar-refractivity contribution < 1.29 is 14.3 Å². The molecule has 0 bridgehead atoms. The predicted molar refractivity (Wildman–Crippen MR) is 86.4 cm³/mol. The molecule has 2 aromatic rings. The van der Waals surface area contributed by atoms with E-state index in [4.69, 9.17) is 9.47 Å². The van der Waals surface area contributed by atoms with Gasteiger partial charge in [-0.25, -0.2) is 0 Å². The summed E-state index contributed by atoms with van der Waals surface area (Å²) in [6.45, 7) is 2.61. The van der Waals surface area contributed by atoms with Crippen molar-refractivity contribution in [1.82, 2.24) is 5.32 Å². The Labute approximate surface area is 131 Å². The van der Waals surface area contributed by atoms with E-state index in [0.29, 0.717) is 12.3 Å². The van der Waals surface area contributed by atoms with E-state index in [1.54, 1.807) is 7.11 Å². The number of hydrogen-bond acceptors (Lipinski definition) is 3. The van der Waals surface area contributed by atoms with Gasteiger partial charge in [-0.3, -0.25) is 4.79 Å². The van der Waals surface area contributed by atoms with Gasteiger partial charge in [0.25, 0.3) is 5.91 Å². The number of carbonyl (C=O) groups excluding carboxylic acids is 1. The van der Waals surface area contributed by atoms with E-state index in [1.807, 2.05) is 55.5 Å². The summed E-state index contributed by atoms with van der Waals surface area (Å²) in [6.07, 6.45) is 0.757. The van der Waals surface area contributed by atoms with E-state index in [0.717, 1.165) is 23.3 Å². The average molecular weight is 299 g/mol. The molecule has 0 saturated carbocycles. The molecule has 2 rings (SSSR count). The zero-order chi connectivity index (χ0) is 15.8. The van der Waals surface area contributed by atoms with Gasteiger partial charge in [-0.1, -0.05) is 29.8 Å². The molecular weight excluding hydrogens is 278 g/mol. The fraction of sp³-hybridized carbons (Fsp3) is 0.278. The highest BCUT2D eigenvalue weighted by atomic mass is 16.5. The number of nitrogens with one attached hydrogen (secondary N) is 1. The Morgan fingerprint density at radius 1 is 1.09 bits per heavy atom. The van der Waals surface area contributed by atoms with Crippen molar-refractivity contribution in [1.29, 1.82) is 0 Å². The van der Waals surface area contributed by atoms with Gasteiger partial charge >= 0.3 is 0 Å². The Morgan fingerprint density at radius 2 is 1.86 bits per heavy atom. The van der Waals surface area contributed by atoms with Crippen LogP contribution in [0.4, 0.5) is 0 Å². The van der Waals surface area contributed by atoms with Crippen LogP contribution >= 0.6 is 0 Å². The molecule has 22 heavy (non-hydrogen) atoms. The van der Waals surface area contributed by atoms with Crippen molar-refractivity contribution in [2.24, 2.45) is 0 Å². The van der Waals surface area contributed by atoms with Crippen molar-refractivity contribution in [3.05, 3.63) is 59.7 Å². The van der Waals surface area contributed by atoms with Gasteiger partial charge in [-0.15, -0.1) is 0 Å². The zero-order valence-electron chi connectivity index (χ0n) is 13.0. The Balaban J connectivity index is 1.70. The number of amides is 1. The lowest BCUT2D eigenvalue weighted by Gasteiger charge is -2.08. The lowest BCUT2D eigenvalue weighted by atomic mass is 10.1. The van der Waals surface area contributed by atoms with E-state index in [1.165, 1.54) is 0 Å². The van der Waals surface area contributed by atoms with Crippen molar-refractivity contribution in [2.75, 3.05) is 20.3 Å². The number of ether oxygens (including phenoxy) is 2. The molecule has 4 heteroatoms. The summed E-state index contributed by atoms with van der Waals surface area (Å²) in [5.41, 5.74) is 2.29. The van der Waals surface area contributed by atoms with Crippen LogP contribution in [0.5, 0.6) is 11.5 Å². The normalized spacial score (nSPS) is 10.1. The highest BCUT2D eigenvalue weighted by Gasteiger charge is 2.03. The number of hydrogen-bond donors (Lipinski definition) is 1. The lowest BCUT2D eigenvalue weighted by molar-refractivity contribution is -0.123. The molecule has 0 saturated heterocycles. The van der Waals surface area contributed by atoms with Crippen molar-refractivity contribution in [2.45, 2.75) is 13.3 Å². The molecular formula is C18H21NO3. The SMILES string of the molecule is COc1cccc(CCNC(=O)COc2ccc(C)cc2)c1. The summed E-state index contributed by atoms with van der Waals surface area (Å²) in [7, 11) is 1.64. The molecule has 0 fully saturated rings. The van der Waals surface area contributed by atoms with Crippen LogP contribution in [0.2, 0.25) is 0 Å². The van der Waals surface area contributed by atoms with E-state index in [-0.39, 0.29) is 12.5 Å². The van der Waals surface area contributed by atoms with Crippen LogP contribution in [0.3, 0.4) is 0 Å². The molecule has 116 valence electrons. The molecule has 0 aromatic heterocycles. The molecule has 0 atom stereocenters. The molecule has 0 heterocycles. The van der Waals surface area contributed by atoms with Gasteiger partial charge in [0.05, 0.1) is 7.11 Å². The lowest BCUT2D eigenvalue weighted by Crippen LogP contribution is -2.30. The fourth-order valence-electron chi connectivity index (χ4n) is 2.01. The number of methoxy groups -OCH3 is 1. The van der Waals surface area contributed by atoms with E-state index < -0.39 is 0 Å². The van der Waals surface area contributed by atoms with Gasteiger partial charge in [-0.2, -0.15) is 0 Å². The van der Waals surface area contributed by atoms with E-state index in [9.17, 15) is 4.79 Å². The first kappa shape index (κ1) is 15.9. The first-order valence-corrected chi connectivity index (χ1v) is 7.26. The average Bonchev–Trinajstić information content (AvgIpc) is 2.54. The molecule has 0 radical (unpaired) electrons. The molecule has 0 aliphatic heterocycles. The van der Waals surface area contributed by atoms with Gasteiger partial charge in [0, 0.05) is 6.54 Å². The highest BCUT2D eigenvalue weighted by molar-refractivity contribution is 5.77. The number of benzene rings is 2. The fourth-order valence-corrected chi connectivity index (χ4v) is 2.01. The summed E-state index contributed by atoms with van der Waals surface area (Å²) in [4.78, 5) is 11.7. The van der Waals surface area contributed by atoms with Crippen LogP contribution in [0.25, 0.3) is 0 Å². The predicted octanol–water partition coefficient (Wildman–Crippen LogP) is 2.74. The number of aryl methyl sites for hydroxylation is 1. The summed E-state index contributed by atoms with van der Waals surface area (Å²) in [5, 5.41) is 2.85. The van der Waals surface area contributed by atoms with Gasteiger partial charge in [0.15, 0.2) is 6.61 Å². The second-order valence-electron chi connectivity index (χ2n) is 5.05. The van der Waals surface area contributed by atoms with Gasteiger partial charge in [-0.05, 0) is 43.2 Å². The second-order valence-corrected chi connectivity index (χ2v) is 5.05. The summed E-state index contributed by atoms with van der Waals surface area (Å²) in [6, 6.07) is 15.4. The molecule has 0 spiro atoms. The summed E-state index contributed by atoms with van der Waals surface area (Å²) >= 11 is 0. The zero-order valence-corrected chi connectivity index (χ0v) is 13.0. The first-order chi connectivity index (χ1) is 10.7. The minimum absolute atomic E-state index is 0.0289. The maximum atomic E-state index is 11.7. The molecule has 0 aliphatic carbocycles. The number of rotatable bonds is 7. The first-order valence-electron chi connectivity index (χ1n) is 7.26. The minimum atomic E-state index is -0.122. The maximum Gasteiger partial charge on any atom is 0.257 e. The van der Waals surface area contributed by atoms with Crippen LogP contribution in [0, 0.1) is 6.92 Å². The molecule has 1 N–H and O–H groups in total. The molecule has 4 nitrogen and oxygen atoms in total. The molecule has 1 amide bonds. The van der Waals surface area contributed by atoms with Crippen LogP contribution in [0.15, 0.2) is 48.5 Å². The van der Waals surface area contributed by atoms with Gasteiger partial charge in [0.1, 0.15) is 11.5 Å². The largest absolute Gasteiger partial charge is 0.497 e. The maximum absolute atomic E-state index is 11.7. The second kappa shape index (κ2) is 8.08. The van der Waals surface area contributed by atoms with Crippen LogP contribution in [0.1, 0.15) is 11.1 Å². The Morgan fingerprint density at radius 3 is 2.59 bits per heavy atom. The number of carbonyl (C=O) groups is 1. The van der Waals surface area contributed by atoms with Crippen LogP contribution in [-0.4, -0.2) is 26.2 Å². The summed E-state index contributed by atoms with van der Waals surface area (Å²) in [5.74, 6) is 1.41. The van der Waals surface area contributed by atoms with E-state index >= 15 is 0 Å². The third kappa shape index (κ3) is 5.13. The molecule has 0 unspecified atom stereocenters. The van der Waals surface area contributed by atoms with Gasteiger partial charge < -0.3 is 14.8 Å². The Bertz CT molecular complexity index is 608. The topological polar surface area (TPSA) is 47.6 Å². The minimum Gasteiger partial charge on any atom is -0.497 e. The van der Waals surface area contributed by atoms with Crippen molar-refractivity contribution in [3.63, 3.8) is 0 Å². The molecule has 2 aromatic carbocycles. The smallest absolute Gasteiger partial charge is 0.257 e.